The Morgan fingerprint density at radius 1 is 1.11 bits per heavy atom. The lowest BCUT2D eigenvalue weighted by molar-refractivity contribution is -0.0693. The maximum absolute atomic E-state index is 10.6. The average molecular weight is 254 g/mol. The van der Waals surface area contributed by atoms with Crippen molar-refractivity contribution in [1.82, 2.24) is 9.80 Å². The number of rotatable bonds is 2. The molecule has 3 nitrogen and oxygen atoms in total. The summed E-state index contributed by atoms with van der Waals surface area (Å²) in [6.45, 7) is 13.5. The fraction of sp³-hybridized carbons (Fsp3) is 1.00. The van der Waals surface area contributed by atoms with Gasteiger partial charge in [0.1, 0.15) is 0 Å². The first-order valence-corrected chi connectivity index (χ1v) is 7.58. The van der Waals surface area contributed by atoms with Crippen molar-refractivity contribution in [3.8, 4) is 0 Å². The molecule has 0 amide bonds. The van der Waals surface area contributed by atoms with E-state index >= 15 is 0 Å². The second-order valence-electron chi connectivity index (χ2n) is 7.06. The van der Waals surface area contributed by atoms with Gasteiger partial charge in [0, 0.05) is 38.3 Å². The van der Waals surface area contributed by atoms with Crippen LogP contribution in [0.2, 0.25) is 0 Å². The zero-order valence-electron chi connectivity index (χ0n) is 12.5. The Kier molecular flexibility index (Phi) is 4.35. The third kappa shape index (κ3) is 2.89. The monoisotopic (exact) mass is 254 g/mol. The van der Waals surface area contributed by atoms with E-state index in [1.54, 1.807) is 0 Å². The molecular formula is C15H30N2O. The number of hydrogen-bond donors (Lipinski definition) is 1. The Morgan fingerprint density at radius 3 is 2.28 bits per heavy atom. The van der Waals surface area contributed by atoms with Crippen molar-refractivity contribution >= 4 is 0 Å². The van der Waals surface area contributed by atoms with Gasteiger partial charge in [0.15, 0.2) is 0 Å². The number of aliphatic hydroxyl groups excluding tert-OH is 1. The van der Waals surface area contributed by atoms with E-state index in [9.17, 15) is 5.11 Å². The van der Waals surface area contributed by atoms with Gasteiger partial charge in [-0.3, -0.25) is 9.80 Å². The summed E-state index contributed by atoms with van der Waals surface area (Å²) in [6, 6.07) is 1.04. The van der Waals surface area contributed by atoms with Crippen molar-refractivity contribution in [2.45, 2.75) is 65.1 Å². The van der Waals surface area contributed by atoms with Crippen molar-refractivity contribution in [3.63, 3.8) is 0 Å². The van der Waals surface area contributed by atoms with Crippen LogP contribution in [0.5, 0.6) is 0 Å². The molecule has 1 saturated heterocycles. The highest BCUT2D eigenvalue weighted by molar-refractivity contribution is 4.94. The summed E-state index contributed by atoms with van der Waals surface area (Å²) in [6.07, 6.45) is 3.44. The maximum atomic E-state index is 10.6. The van der Waals surface area contributed by atoms with Gasteiger partial charge >= 0.3 is 0 Å². The number of nitrogens with zero attached hydrogens (tertiary/aromatic N) is 2. The first-order chi connectivity index (χ1) is 8.42. The predicted octanol–water partition coefficient (Wildman–Crippen LogP) is 1.95. The van der Waals surface area contributed by atoms with Gasteiger partial charge in [-0.25, -0.2) is 0 Å². The molecule has 0 bridgehead atoms. The fourth-order valence-electron chi connectivity index (χ4n) is 3.56. The normalized spacial score (nSPS) is 35.0. The summed E-state index contributed by atoms with van der Waals surface area (Å²) in [5, 5.41) is 10.6. The summed E-state index contributed by atoms with van der Waals surface area (Å²) < 4.78 is 0. The highest BCUT2D eigenvalue weighted by Crippen LogP contribution is 2.37. The summed E-state index contributed by atoms with van der Waals surface area (Å²) >= 11 is 0. The van der Waals surface area contributed by atoms with Crippen molar-refractivity contribution in [2.75, 3.05) is 26.2 Å². The van der Waals surface area contributed by atoms with E-state index in [-0.39, 0.29) is 11.5 Å². The molecule has 2 rings (SSSR count). The minimum atomic E-state index is -0.156. The van der Waals surface area contributed by atoms with Gasteiger partial charge in [0.05, 0.1) is 6.10 Å². The lowest BCUT2D eigenvalue weighted by atomic mass is 9.72. The fourth-order valence-corrected chi connectivity index (χ4v) is 3.56. The molecule has 1 aliphatic carbocycles. The first-order valence-electron chi connectivity index (χ1n) is 7.58. The van der Waals surface area contributed by atoms with Gasteiger partial charge in [0.2, 0.25) is 0 Å². The van der Waals surface area contributed by atoms with E-state index in [2.05, 4.69) is 37.5 Å². The Morgan fingerprint density at radius 2 is 1.72 bits per heavy atom. The van der Waals surface area contributed by atoms with Crippen LogP contribution in [0.15, 0.2) is 0 Å². The molecule has 0 aromatic carbocycles. The molecule has 2 unspecified atom stereocenters. The first kappa shape index (κ1) is 14.3. The van der Waals surface area contributed by atoms with Gasteiger partial charge in [-0.1, -0.05) is 20.3 Å². The summed E-state index contributed by atoms with van der Waals surface area (Å²) in [5.74, 6) is 0. The summed E-state index contributed by atoms with van der Waals surface area (Å²) in [4.78, 5) is 5.07. The minimum Gasteiger partial charge on any atom is -0.391 e. The van der Waals surface area contributed by atoms with Crippen molar-refractivity contribution in [1.29, 1.82) is 0 Å². The molecule has 0 radical (unpaired) electrons. The van der Waals surface area contributed by atoms with E-state index < -0.39 is 0 Å². The molecule has 1 saturated carbocycles. The van der Waals surface area contributed by atoms with Gasteiger partial charge in [-0.2, -0.15) is 0 Å². The van der Waals surface area contributed by atoms with Crippen molar-refractivity contribution in [3.05, 3.63) is 0 Å². The molecule has 0 spiro atoms. The van der Waals surface area contributed by atoms with Gasteiger partial charge < -0.3 is 5.11 Å². The second kappa shape index (κ2) is 5.48. The van der Waals surface area contributed by atoms with Crippen LogP contribution in [0.4, 0.5) is 0 Å². The Bertz CT molecular complexity index is 270. The average Bonchev–Trinajstić information content (AvgIpc) is 2.33. The molecule has 2 fully saturated rings. The molecular weight excluding hydrogens is 224 g/mol. The zero-order chi connectivity index (χ0) is 13.3. The molecule has 18 heavy (non-hydrogen) atoms. The van der Waals surface area contributed by atoms with Crippen LogP contribution in [0.3, 0.4) is 0 Å². The van der Waals surface area contributed by atoms with Gasteiger partial charge in [-0.05, 0) is 32.1 Å². The zero-order valence-corrected chi connectivity index (χ0v) is 12.5. The van der Waals surface area contributed by atoms with Gasteiger partial charge in [-0.15, -0.1) is 0 Å². The van der Waals surface area contributed by atoms with E-state index in [1.165, 1.54) is 12.8 Å². The van der Waals surface area contributed by atoms with Crippen LogP contribution in [0.1, 0.15) is 47.0 Å². The van der Waals surface area contributed by atoms with E-state index in [4.69, 9.17) is 0 Å². The molecule has 0 aromatic rings. The smallest absolute Gasteiger partial charge is 0.0746 e. The van der Waals surface area contributed by atoms with Crippen LogP contribution in [-0.2, 0) is 0 Å². The Balaban J connectivity index is 1.93. The van der Waals surface area contributed by atoms with Crippen LogP contribution >= 0.6 is 0 Å². The highest BCUT2D eigenvalue weighted by Gasteiger charge is 2.41. The third-order valence-corrected chi connectivity index (χ3v) is 5.03. The molecule has 1 aliphatic heterocycles. The molecule has 3 heteroatoms. The number of hydrogen-bond acceptors (Lipinski definition) is 3. The molecule has 1 N–H and O–H groups in total. The number of piperazine rings is 1. The minimum absolute atomic E-state index is 0.0953. The topological polar surface area (TPSA) is 26.7 Å². The maximum Gasteiger partial charge on any atom is 0.0746 e. The molecule has 0 aromatic heterocycles. The predicted molar refractivity (Wildman–Crippen MR) is 75.7 cm³/mol. The highest BCUT2D eigenvalue weighted by atomic mass is 16.3. The Hall–Kier alpha value is -0.120. The summed E-state index contributed by atoms with van der Waals surface area (Å²) in [5.41, 5.74) is 0.0953. The SMILES string of the molecule is CC(C)N1CCN(C2CCCC(C)(C)C2O)CC1. The largest absolute Gasteiger partial charge is 0.391 e. The van der Waals surface area contributed by atoms with Crippen LogP contribution in [-0.4, -0.2) is 59.3 Å². The second-order valence-corrected chi connectivity index (χ2v) is 7.06. The quantitative estimate of drug-likeness (QED) is 0.816. The van der Waals surface area contributed by atoms with E-state index in [0.717, 1.165) is 32.6 Å². The van der Waals surface area contributed by atoms with Gasteiger partial charge in [0.25, 0.3) is 0 Å². The summed E-state index contributed by atoms with van der Waals surface area (Å²) in [7, 11) is 0. The lowest BCUT2D eigenvalue weighted by Gasteiger charge is -2.48. The Labute approximate surface area is 112 Å². The van der Waals surface area contributed by atoms with Crippen LogP contribution in [0.25, 0.3) is 0 Å². The molecule has 2 aliphatic rings. The van der Waals surface area contributed by atoms with E-state index in [1.807, 2.05) is 0 Å². The van der Waals surface area contributed by atoms with E-state index in [0.29, 0.717) is 12.1 Å². The molecule has 106 valence electrons. The standard InChI is InChI=1S/C15H30N2O/c1-12(2)16-8-10-17(11-9-16)13-6-5-7-15(3,4)14(13)18/h12-14,18H,5-11H2,1-4H3. The lowest BCUT2D eigenvalue weighted by Crippen LogP contribution is -2.58. The van der Waals surface area contributed by atoms with Crippen LogP contribution in [0, 0.1) is 5.41 Å². The molecule has 2 atom stereocenters. The molecule has 1 heterocycles. The van der Waals surface area contributed by atoms with Crippen molar-refractivity contribution in [2.24, 2.45) is 5.41 Å². The number of aliphatic hydroxyl groups is 1. The third-order valence-electron chi connectivity index (χ3n) is 5.03. The van der Waals surface area contributed by atoms with Crippen LogP contribution < -0.4 is 0 Å². The van der Waals surface area contributed by atoms with Crippen molar-refractivity contribution < 1.29 is 5.11 Å².